The number of fused-ring (bicyclic) bond motifs is 3. The summed E-state index contributed by atoms with van der Waals surface area (Å²) < 4.78 is 25.1. The van der Waals surface area contributed by atoms with Gasteiger partial charge in [-0.25, -0.2) is 9.29 Å². The second-order valence-corrected chi connectivity index (χ2v) is 12.7. The second-order valence-electron chi connectivity index (χ2n) is 10.5. The Morgan fingerprint density at radius 3 is 2.53 bits per heavy atom. The quantitative estimate of drug-likeness (QED) is 0.224. The predicted molar refractivity (Wildman–Crippen MR) is 170 cm³/mol. The lowest BCUT2D eigenvalue weighted by Crippen LogP contribution is -2.32. The third kappa shape index (κ3) is 5.15. The molecule has 1 aromatic heterocycles. The molecular weight excluding hydrogens is 618 g/mol. The molecule has 5 aromatic rings. The second kappa shape index (κ2) is 11.5. The van der Waals surface area contributed by atoms with Crippen molar-refractivity contribution in [2.24, 2.45) is 5.92 Å². The Morgan fingerprint density at radius 1 is 0.956 bits per heavy atom. The Morgan fingerprint density at radius 2 is 1.73 bits per heavy atom. The van der Waals surface area contributed by atoms with Crippen LogP contribution >= 0.6 is 23.1 Å². The number of anilines is 2. The topological polar surface area (TPSA) is 118 Å². The van der Waals surface area contributed by atoms with Crippen LogP contribution in [0.3, 0.4) is 0 Å². The van der Waals surface area contributed by atoms with Crippen LogP contribution in [0.5, 0.6) is 11.5 Å². The van der Waals surface area contributed by atoms with Gasteiger partial charge in [-0.1, -0.05) is 65.6 Å². The van der Waals surface area contributed by atoms with Gasteiger partial charge in [0.25, 0.3) is 5.91 Å². The van der Waals surface area contributed by atoms with Gasteiger partial charge >= 0.3 is 4.87 Å². The number of thiazole rings is 1. The summed E-state index contributed by atoms with van der Waals surface area (Å²) >= 11 is 2.14. The molecule has 0 aliphatic carbocycles. The molecule has 2 unspecified atom stereocenters. The number of hydrogen-bond acceptors (Lipinski definition) is 8. The van der Waals surface area contributed by atoms with Gasteiger partial charge in [-0.15, -0.1) is 0 Å². The molecule has 4 aromatic carbocycles. The summed E-state index contributed by atoms with van der Waals surface area (Å²) in [5.74, 6) is -2.57. The van der Waals surface area contributed by atoms with E-state index in [0.29, 0.717) is 32.7 Å². The number of methoxy groups -OCH3 is 1. The molecule has 45 heavy (non-hydrogen) atoms. The predicted octanol–water partition coefficient (Wildman–Crippen LogP) is 5.55. The zero-order valence-corrected chi connectivity index (χ0v) is 25.2. The van der Waals surface area contributed by atoms with Gasteiger partial charge in [0.05, 0.1) is 23.7 Å². The smallest absolute Gasteiger partial charge is 0.305 e. The molecule has 9 nitrogen and oxygen atoms in total. The monoisotopic (exact) mass is 641 g/mol. The van der Waals surface area contributed by atoms with Crippen LogP contribution in [-0.4, -0.2) is 41.7 Å². The molecule has 1 saturated heterocycles. The van der Waals surface area contributed by atoms with E-state index in [-0.39, 0.29) is 23.1 Å². The number of carbonyl (C=O) groups is 3. The van der Waals surface area contributed by atoms with Crippen molar-refractivity contribution < 1.29 is 28.2 Å². The van der Waals surface area contributed by atoms with E-state index in [9.17, 15) is 23.6 Å². The van der Waals surface area contributed by atoms with Crippen LogP contribution in [0.25, 0.3) is 10.8 Å². The number of rotatable bonds is 7. The molecule has 12 heteroatoms. The van der Waals surface area contributed by atoms with Crippen molar-refractivity contribution in [2.45, 2.75) is 16.2 Å². The van der Waals surface area contributed by atoms with E-state index >= 15 is 0 Å². The molecule has 1 fully saturated rings. The molecule has 0 bridgehead atoms. The minimum Gasteiger partial charge on any atom is -0.493 e. The van der Waals surface area contributed by atoms with Gasteiger partial charge in [0, 0.05) is 21.9 Å². The number of thioether (sulfide) groups is 1. The summed E-state index contributed by atoms with van der Waals surface area (Å²) in [7, 11) is 1.46. The van der Waals surface area contributed by atoms with Gasteiger partial charge in [0.15, 0.2) is 18.1 Å². The highest BCUT2D eigenvalue weighted by Crippen LogP contribution is 2.53. The molecule has 0 saturated carbocycles. The highest BCUT2D eigenvalue weighted by atomic mass is 32.2. The van der Waals surface area contributed by atoms with Crippen molar-refractivity contribution in [2.75, 3.05) is 23.9 Å². The van der Waals surface area contributed by atoms with Gasteiger partial charge in [-0.3, -0.25) is 19.2 Å². The fourth-order valence-electron chi connectivity index (χ4n) is 5.88. The van der Waals surface area contributed by atoms with Crippen LogP contribution in [0, 0.1) is 11.7 Å². The number of carbonyl (C=O) groups excluding carboxylic acids is 3. The van der Waals surface area contributed by atoms with Crippen LogP contribution in [0.4, 0.5) is 15.8 Å². The summed E-state index contributed by atoms with van der Waals surface area (Å²) in [6, 6.07) is 23.6. The van der Waals surface area contributed by atoms with Crippen LogP contribution in [0.15, 0.2) is 94.7 Å². The van der Waals surface area contributed by atoms with Crippen molar-refractivity contribution in [3.8, 4) is 11.5 Å². The zero-order chi connectivity index (χ0) is 31.2. The normalized spacial score (nSPS) is 18.9. The summed E-state index contributed by atoms with van der Waals surface area (Å²) in [4.78, 5) is 56.9. The summed E-state index contributed by atoms with van der Waals surface area (Å²) in [5, 5.41) is 4.52. The lowest BCUT2D eigenvalue weighted by molar-refractivity contribution is -0.122. The molecule has 226 valence electrons. The molecule has 0 spiro atoms. The van der Waals surface area contributed by atoms with Crippen LogP contribution in [-0.2, 0) is 14.4 Å². The maximum atomic E-state index is 13.9. The third-order valence-corrected chi connectivity index (χ3v) is 10.3. The highest BCUT2D eigenvalue weighted by Gasteiger charge is 2.56. The maximum Gasteiger partial charge on any atom is 0.305 e. The minimum absolute atomic E-state index is 0.278. The van der Waals surface area contributed by atoms with E-state index in [0.717, 1.165) is 38.8 Å². The molecule has 3 amide bonds. The number of benzene rings is 4. The van der Waals surface area contributed by atoms with Crippen molar-refractivity contribution in [1.82, 2.24) is 4.98 Å². The van der Waals surface area contributed by atoms with Crippen molar-refractivity contribution in [3.05, 3.63) is 111 Å². The standard InChI is InChI=1S/C33H24FN3O6S2/c1-42-24-15-18(9-14-23(24)43-16-25(38)35-22-8-4-6-17-5-2-3-7-21(17)22)26-27-29(44-30-28(26)45-33(41)36-30)32(40)37(31(27)39)20-12-10-19(34)11-13-20/h2-15,26-27,29H,16H2,1H3,(H,35,38)(H,36,41)/t26-,27?,29?/m1/s1. The fraction of sp³-hybridized carbons (Fsp3) is 0.152. The van der Waals surface area contributed by atoms with Crippen molar-refractivity contribution >= 4 is 63.0 Å². The molecule has 2 aliphatic rings. The van der Waals surface area contributed by atoms with Crippen molar-refractivity contribution in [3.63, 3.8) is 0 Å². The number of nitrogens with one attached hydrogen (secondary N) is 2. The number of ether oxygens (including phenoxy) is 2. The van der Waals surface area contributed by atoms with E-state index in [1.165, 1.54) is 31.4 Å². The summed E-state index contributed by atoms with van der Waals surface area (Å²) in [5.41, 5.74) is 1.58. The Kier molecular flexibility index (Phi) is 7.38. The first-order valence-electron chi connectivity index (χ1n) is 13.9. The summed E-state index contributed by atoms with van der Waals surface area (Å²) in [6.45, 7) is -0.285. The first-order valence-corrected chi connectivity index (χ1v) is 15.6. The SMILES string of the molecule is COc1cc([C@H]2c3sc(=O)[nH]c3SC3C(=O)N(c4ccc(F)cc4)C(=O)C32)ccc1OCC(=O)Nc1cccc2ccccc12. The fourth-order valence-corrected chi connectivity index (χ4v) is 8.40. The lowest BCUT2D eigenvalue weighted by Gasteiger charge is -2.30. The van der Waals surface area contributed by atoms with E-state index in [4.69, 9.17) is 9.47 Å². The Bertz CT molecular complexity index is 2040. The average molecular weight is 642 g/mol. The van der Waals surface area contributed by atoms with Crippen LogP contribution in [0.1, 0.15) is 16.4 Å². The Balaban J connectivity index is 1.16. The van der Waals surface area contributed by atoms with E-state index < -0.39 is 34.7 Å². The number of amides is 3. The van der Waals surface area contributed by atoms with Crippen LogP contribution in [0.2, 0.25) is 0 Å². The van der Waals surface area contributed by atoms with Gasteiger partial charge < -0.3 is 19.8 Å². The van der Waals surface area contributed by atoms with Crippen LogP contribution < -0.4 is 24.6 Å². The average Bonchev–Trinajstić information content (AvgIpc) is 3.54. The van der Waals surface area contributed by atoms with Gasteiger partial charge in [-0.05, 0) is 53.4 Å². The Labute approximate surface area is 264 Å². The van der Waals surface area contributed by atoms with E-state index in [2.05, 4.69) is 10.3 Å². The number of aromatic amines is 1. The first kappa shape index (κ1) is 28.8. The molecule has 7 rings (SSSR count). The largest absolute Gasteiger partial charge is 0.493 e. The van der Waals surface area contributed by atoms with Crippen molar-refractivity contribution in [1.29, 1.82) is 0 Å². The number of halogens is 1. The number of hydrogen-bond donors (Lipinski definition) is 2. The maximum absolute atomic E-state index is 13.9. The van der Waals surface area contributed by atoms with Gasteiger partial charge in [0.1, 0.15) is 11.1 Å². The number of imide groups is 1. The minimum atomic E-state index is -0.825. The molecule has 3 heterocycles. The number of aromatic nitrogens is 1. The molecular formula is C33H24FN3O6S2. The molecule has 2 aliphatic heterocycles. The highest BCUT2D eigenvalue weighted by molar-refractivity contribution is 8.00. The third-order valence-electron chi connectivity index (χ3n) is 7.88. The molecule has 3 atom stereocenters. The van der Waals surface area contributed by atoms with E-state index in [1.54, 1.807) is 18.2 Å². The first-order chi connectivity index (χ1) is 21.8. The molecule has 0 radical (unpaired) electrons. The number of nitrogens with zero attached hydrogens (tertiary/aromatic N) is 1. The van der Waals surface area contributed by atoms with Gasteiger partial charge in [0.2, 0.25) is 11.8 Å². The number of H-pyrrole nitrogens is 1. The molecule has 2 N–H and O–H groups in total. The Hall–Kier alpha value is -4.94. The lowest BCUT2D eigenvalue weighted by atomic mass is 9.83. The van der Waals surface area contributed by atoms with Gasteiger partial charge in [-0.2, -0.15) is 0 Å². The zero-order valence-electron chi connectivity index (χ0n) is 23.6. The van der Waals surface area contributed by atoms with E-state index in [1.807, 2.05) is 42.5 Å². The summed E-state index contributed by atoms with van der Waals surface area (Å²) in [6.07, 6.45) is 0.